The molecule has 0 saturated carbocycles. The first kappa shape index (κ1) is 17.2. The quantitative estimate of drug-likeness (QED) is 0.595. The number of morpholine rings is 1. The summed E-state index contributed by atoms with van der Waals surface area (Å²) in [5, 5.41) is 0. The molecule has 124 valence electrons. The summed E-state index contributed by atoms with van der Waals surface area (Å²) in [6.45, 7) is 14.8. The first-order valence-electron chi connectivity index (χ1n) is 8.29. The monoisotopic (exact) mass is 299 g/mol. The molecule has 21 heavy (non-hydrogen) atoms. The molecule has 0 aromatic carbocycles. The Morgan fingerprint density at radius 1 is 1.33 bits per heavy atom. The summed E-state index contributed by atoms with van der Waals surface area (Å²) in [5.74, 6) is 6.26. The van der Waals surface area contributed by atoms with Crippen LogP contribution in [0.5, 0.6) is 0 Å². The van der Waals surface area contributed by atoms with E-state index in [1.807, 2.05) is 0 Å². The number of nitrogens with zero attached hydrogens (tertiary/aromatic N) is 1. The van der Waals surface area contributed by atoms with E-state index in [1.54, 1.807) is 0 Å². The van der Waals surface area contributed by atoms with Crippen LogP contribution >= 0.6 is 0 Å². The summed E-state index contributed by atoms with van der Waals surface area (Å²) < 4.78 is 12.3. The zero-order valence-corrected chi connectivity index (χ0v) is 14.3. The van der Waals surface area contributed by atoms with Crippen molar-refractivity contribution in [3.63, 3.8) is 0 Å². The summed E-state index contributed by atoms with van der Waals surface area (Å²) in [4.78, 5) is 2.48. The van der Waals surface area contributed by atoms with Gasteiger partial charge in [0.15, 0.2) is 0 Å². The molecular formula is C16H33N3O2. The van der Waals surface area contributed by atoms with E-state index in [1.165, 1.54) is 6.42 Å². The van der Waals surface area contributed by atoms with Crippen LogP contribution in [0.2, 0.25) is 0 Å². The van der Waals surface area contributed by atoms with E-state index >= 15 is 0 Å². The van der Waals surface area contributed by atoms with E-state index in [0.29, 0.717) is 5.92 Å². The van der Waals surface area contributed by atoms with E-state index in [-0.39, 0.29) is 23.3 Å². The van der Waals surface area contributed by atoms with Gasteiger partial charge in [-0.15, -0.1) is 0 Å². The van der Waals surface area contributed by atoms with E-state index < -0.39 is 0 Å². The van der Waals surface area contributed by atoms with Gasteiger partial charge < -0.3 is 9.47 Å². The Hall–Kier alpha value is -0.200. The van der Waals surface area contributed by atoms with Crippen molar-refractivity contribution >= 4 is 0 Å². The predicted octanol–water partition coefficient (Wildman–Crippen LogP) is 1.52. The molecule has 3 N–H and O–H groups in total. The number of hydrogen-bond donors (Lipinski definition) is 2. The Bertz CT molecular complexity index is 344. The molecule has 0 aliphatic carbocycles. The van der Waals surface area contributed by atoms with Crippen molar-refractivity contribution in [1.29, 1.82) is 0 Å². The molecule has 3 atom stereocenters. The van der Waals surface area contributed by atoms with Crippen molar-refractivity contribution in [2.45, 2.75) is 70.8 Å². The maximum atomic E-state index is 6.23. The number of hydrogen-bond acceptors (Lipinski definition) is 5. The lowest BCUT2D eigenvalue weighted by molar-refractivity contribution is -0.0972. The number of ether oxygens (including phenoxy) is 2. The lowest BCUT2D eigenvalue weighted by atomic mass is 9.79. The smallest absolute Gasteiger partial charge is 0.0872 e. The number of hydrazine groups is 1. The van der Waals surface area contributed by atoms with Crippen LogP contribution < -0.4 is 11.3 Å². The third-order valence-corrected chi connectivity index (χ3v) is 4.89. The Morgan fingerprint density at radius 3 is 2.57 bits per heavy atom. The van der Waals surface area contributed by atoms with Gasteiger partial charge in [0.1, 0.15) is 0 Å². The Morgan fingerprint density at radius 2 is 2.05 bits per heavy atom. The Balaban J connectivity index is 2.08. The van der Waals surface area contributed by atoms with Crippen LogP contribution in [0.3, 0.4) is 0 Å². The van der Waals surface area contributed by atoms with Crippen molar-refractivity contribution in [1.82, 2.24) is 10.3 Å². The molecule has 0 amide bonds. The highest BCUT2D eigenvalue weighted by molar-refractivity contribution is 5.02. The summed E-state index contributed by atoms with van der Waals surface area (Å²) in [6.07, 6.45) is 2.32. The highest BCUT2D eigenvalue weighted by atomic mass is 16.5. The molecule has 3 unspecified atom stereocenters. The lowest BCUT2D eigenvalue weighted by Crippen LogP contribution is -2.59. The first-order valence-corrected chi connectivity index (χ1v) is 8.29. The molecule has 2 fully saturated rings. The molecule has 0 aromatic heterocycles. The maximum Gasteiger partial charge on any atom is 0.0872 e. The topological polar surface area (TPSA) is 59.8 Å². The number of nitrogens with two attached hydrogens (primary N) is 1. The largest absolute Gasteiger partial charge is 0.374 e. The van der Waals surface area contributed by atoms with Gasteiger partial charge in [0.25, 0.3) is 0 Å². The van der Waals surface area contributed by atoms with Gasteiger partial charge in [-0.2, -0.15) is 0 Å². The van der Waals surface area contributed by atoms with Gasteiger partial charge in [-0.05, 0) is 47.1 Å². The van der Waals surface area contributed by atoms with Gasteiger partial charge in [-0.1, -0.05) is 6.92 Å². The standard InChI is InChI=1S/C16H33N3O2/c1-6-7-19-8-9-20-13(11-19)14(18-17)12-10-15(2,3)21-16(12,4)5/h12-14,18H,6-11,17H2,1-5H3. The van der Waals surface area contributed by atoms with Gasteiger partial charge >= 0.3 is 0 Å². The van der Waals surface area contributed by atoms with Crippen LogP contribution in [-0.2, 0) is 9.47 Å². The summed E-state index contributed by atoms with van der Waals surface area (Å²) in [7, 11) is 0. The van der Waals surface area contributed by atoms with Gasteiger partial charge in [-0.3, -0.25) is 16.2 Å². The fourth-order valence-corrected chi connectivity index (χ4v) is 4.12. The summed E-state index contributed by atoms with van der Waals surface area (Å²) >= 11 is 0. The molecule has 2 rings (SSSR count). The molecule has 2 aliphatic rings. The number of rotatable bonds is 5. The normalized spacial score (nSPS) is 34.0. The minimum absolute atomic E-state index is 0.0962. The summed E-state index contributed by atoms with van der Waals surface area (Å²) in [5.41, 5.74) is 2.76. The Kier molecular flexibility index (Phi) is 5.31. The molecule has 0 spiro atoms. The van der Waals surface area contributed by atoms with Crippen LogP contribution in [0, 0.1) is 5.92 Å². The molecule has 2 saturated heterocycles. The average molecular weight is 299 g/mol. The van der Waals surface area contributed by atoms with Gasteiger partial charge in [-0.25, -0.2) is 0 Å². The second kappa shape index (κ2) is 6.50. The third-order valence-electron chi connectivity index (χ3n) is 4.89. The van der Waals surface area contributed by atoms with Gasteiger partial charge in [0.05, 0.1) is 30.0 Å². The number of nitrogens with one attached hydrogen (secondary N) is 1. The third kappa shape index (κ3) is 3.96. The fraction of sp³-hybridized carbons (Fsp3) is 1.00. The second-order valence-electron chi connectivity index (χ2n) is 7.68. The van der Waals surface area contributed by atoms with Crippen LogP contribution in [0.1, 0.15) is 47.5 Å². The van der Waals surface area contributed by atoms with E-state index in [4.69, 9.17) is 15.3 Å². The zero-order valence-electron chi connectivity index (χ0n) is 14.3. The molecule has 0 aromatic rings. The van der Waals surface area contributed by atoms with Crippen molar-refractivity contribution in [3.05, 3.63) is 0 Å². The SMILES string of the molecule is CCCN1CCOC(C(NN)C2CC(C)(C)OC2(C)C)C1. The molecular weight excluding hydrogens is 266 g/mol. The minimum atomic E-state index is -0.184. The van der Waals surface area contributed by atoms with E-state index in [2.05, 4.69) is 44.9 Å². The molecule has 0 bridgehead atoms. The van der Waals surface area contributed by atoms with Crippen molar-refractivity contribution in [2.75, 3.05) is 26.2 Å². The average Bonchev–Trinajstić information content (AvgIpc) is 2.59. The minimum Gasteiger partial charge on any atom is -0.374 e. The molecule has 2 aliphatic heterocycles. The maximum absolute atomic E-state index is 6.23. The fourth-order valence-electron chi connectivity index (χ4n) is 4.12. The van der Waals surface area contributed by atoms with E-state index in [9.17, 15) is 0 Å². The Labute approximate surface area is 129 Å². The van der Waals surface area contributed by atoms with Gasteiger partial charge in [0, 0.05) is 19.0 Å². The van der Waals surface area contributed by atoms with E-state index in [0.717, 1.165) is 32.7 Å². The first-order chi connectivity index (χ1) is 9.79. The summed E-state index contributed by atoms with van der Waals surface area (Å²) in [6, 6.07) is 0.126. The molecule has 0 radical (unpaired) electrons. The van der Waals surface area contributed by atoms with Crippen LogP contribution in [0.4, 0.5) is 0 Å². The zero-order chi connectivity index (χ0) is 15.7. The highest BCUT2D eigenvalue weighted by Gasteiger charge is 2.51. The van der Waals surface area contributed by atoms with Crippen LogP contribution in [-0.4, -0.2) is 54.5 Å². The van der Waals surface area contributed by atoms with Crippen molar-refractivity contribution in [2.24, 2.45) is 11.8 Å². The lowest BCUT2D eigenvalue weighted by Gasteiger charge is -2.41. The highest BCUT2D eigenvalue weighted by Crippen LogP contribution is 2.44. The molecule has 5 nitrogen and oxygen atoms in total. The van der Waals surface area contributed by atoms with Gasteiger partial charge in [0.2, 0.25) is 0 Å². The van der Waals surface area contributed by atoms with Crippen molar-refractivity contribution < 1.29 is 9.47 Å². The van der Waals surface area contributed by atoms with Crippen LogP contribution in [0.25, 0.3) is 0 Å². The predicted molar refractivity (Wildman–Crippen MR) is 84.9 cm³/mol. The second-order valence-corrected chi connectivity index (χ2v) is 7.68. The van der Waals surface area contributed by atoms with Crippen molar-refractivity contribution in [3.8, 4) is 0 Å². The molecule has 2 heterocycles. The van der Waals surface area contributed by atoms with Crippen LogP contribution in [0.15, 0.2) is 0 Å². The molecule has 5 heteroatoms.